The number of nitrogens with zero attached hydrogens (tertiary/aromatic N) is 2. The Morgan fingerprint density at radius 3 is 1.84 bits per heavy atom. The molecule has 0 aliphatic carbocycles. The van der Waals surface area contributed by atoms with Crippen LogP contribution in [0.4, 0.5) is 13.2 Å². The molecule has 0 fully saturated rings. The third-order valence-electron chi connectivity index (χ3n) is 2.41. The highest BCUT2D eigenvalue weighted by molar-refractivity contribution is 6.37. The summed E-state index contributed by atoms with van der Waals surface area (Å²) in [6.45, 7) is 1.89. The molecule has 0 saturated carbocycles. The lowest BCUT2D eigenvalue weighted by atomic mass is 10.1. The number of alkyl halides is 3. The minimum Gasteiger partial charge on any atom is -0.212 e. The molecule has 2 aromatic rings. The summed E-state index contributed by atoms with van der Waals surface area (Å²) in [5.41, 5.74) is 1.76. The third kappa shape index (κ3) is 2.98. The fraction of sp³-hybridized carbons (Fsp3) is 0.167. The summed E-state index contributed by atoms with van der Waals surface area (Å²) in [5.74, 6) is -1.35. The zero-order valence-corrected chi connectivity index (χ0v) is 11.1. The molecule has 0 amide bonds. The predicted octanol–water partition coefficient (Wildman–Crippen LogP) is 4.78. The monoisotopic (exact) mass is 306 g/mol. The molecule has 0 unspecified atom stereocenters. The second kappa shape index (κ2) is 4.98. The van der Waals surface area contributed by atoms with Crippen molar-refractivity contribution in [2.45, 2.75) is 13.1 Å². The maximum Gasteiger partial charge on any atom is 0.451 e. The largest absolute Gasteiger partial charge is 0.451 e. The summed E-state index contributed by atoms with van der Waals surface area (Å²) < 4.78 is 37.5. The Kier molecular flexibility index (Phi) is 3.69. The molecule has 1 aromatic carbocycles. The van der Waals surface area contributed by atoms with Gasteiger partial charge in [0.2, 0.25) is 5.82 Å². The summed E-state index contributed by atoms with van der Waals surface area (Å²) in [7, 11) is 0. The average molecular weight is 307 g/mol. The fourth-order valence-corrected chi connectivity index (χ4v) is 2.10. The van der Waals surface area contributed by atoms with Gasteiger partial charge >= 0.3 is 6.18 Å². The molecule has 0 saturated heterocycles. The van der Waals surface area contributed by atoms with Crippen LogP contribution in [0.1, 0.15) is 11.4 Å². The van der Waals surface area contributed by atoms with E-state index >= 15 is 0 Å². The topological polar surface area (TPSA) is 25.8 Å². The van der Waals surface area contributed by atoms with Gasteiger partial charge in [0.15, 0.2) is 0 Å². The number of aromatic nitrogens is 2. The lowest BCUT2D eigenvalue weighted by molar-refractivity contribution is -0.144. The molecule has 0 N–H and O–H groups in total. The van der Waals surface area contributed by atoms with Crippen molar-refractivity contribution in [2.24, 2.45) is 0 Å². The molecule has 0 atom stereocenters. The standard InChI is InChI=1S/C12H7Cl2F3N2/c1-6-2-4-7(5-3-6)8-9(13)18-11(12(15,16)17)19-10(8)14/h2-5H,1H3. The lowest BCUT2D eigenvalue weighted by Gasteiger charge is -2.10. The van der Waals surface area contributed by atoms with Gasteiger partial charge in [0.1, 0.15) is 10.3 Å². The highest BCUT2D eigenvalue weighted by atomic mass is 35.5. The van der Waals surface area contributed by atoms with Gasteiger partial charge in [-0.15, -0.1) is 0 Å². The second-order valence-corrected chi connectivity index (χ2v) is 4.58. The maximum absolute atomic E-state index is 12.5. The van der Waals surface area contributed by atoms with Crippen molar-refractivity contribution in [1.29, 1.82) is 0 Å². The van der Waals surface area contributed by atoms with E-state index in [0.717, 1.165) is 5.56 Å². The van der Waals surface area contributed by atoms with Gasteiger partial charge in [0.25, 0.3) is 0 Å². The maximum atomic E-state index is 12.5. The van der Waals surface area contributed by atoms with Crippen molar-refractivity contribution in [3.8, 4) is 11.1 Å². The predicted molar refractivity (Wildman–Crippen MR) is 67.2 cm³/mol. The first-order valence-corrected chi connectivity index (χ1v) is 5.92. The molecule has 19 heavy (non-hydrogen) atoms. The number of aryl methyl sites for hydroxylation is 1. The van der Waals surface area contributed by atoms with Gasteiger partial charge in [-0.25, -0.2) is 9.97 Å². The number of rotatable bonds is 1. The quantitative estimate of drug-likeness (QED) is 0.709. The summed E-state index contributed by atoms with van der Waals surface area (Å²) >= 11 is 11.6. The first-order chi connectivity index (χ1) is 8.79. The van der Waals surface area contributed by atoms with E-state index in [1.165, 1.54) is 0 Å². The van der Waals surface area contributed by atoms with E-state index in [0.29, 0.717) is 5.56 Å². The molecular formula is C12H7Cl2F3N2. The van der Waals surface area contributed by atoms with E-state index in [-0.39, 0.29) is 15.9 Å². The Bertz CT molecular complexity index is 586. The Labute approximate surface area is 117 Å². The van der Waals surface area contributed by atoms with Crippen LogP contribution < -0.4 is 0 Å². The van der Waals surface area contributed by atoms with Crippen molar-refractivity contribution < 1.29 is 13.2 Å². The van der Waals surface area contributed by atoms with Crippen LogP contribution in [0.2, 0.25) is 10.3 Å². The number of halogens is 5. The van der Waals surface area contributed by atoms with Crippen molar-refractivity contribution in [1.82, 2.24) is 9.97 Å². The van der Waals surface area contributed by atoms with Crippen LogP contribution in [0, 0.1) is 6.92 Å². The van der Waals surface area contributed by atoms with Crippen molar-refractivity contribution in [3.05, 3.63) is 46.0 Å². The van der Waals surface area contributed by atoms with Crippen molar-refractivity contribution in [3.63, 3.8) is 0 Å². The lowest BCUT2D eigenvalue weighted by Crippen LogP contribution is -2.11. The normalized spacial score (nSPS) is 11.7. The van der Waals surface area contributed by atoms with Gasteiger partial charge in [0.05, 0.1) is 5.56 Å². The second-order valence-electron chi connectivity index (χ2n) is 3.87. The van der Waals surface area contributed by atoms with E-state index in [2.05, 4.69) is 9.97 Å². The third-order valence-corrected chi connectivity index (χ3v) is 2.96. The molecule has 0 aliphatic rings. The van der Waals surface area contributed by atoms with Crippen molar-refractivity contribution >= 4 is 23.2 Å². The van der Waals surface area contributed by atoms with Crippen LogP contribution in [0.15, 0.2) is 24.3 Å². The van der Waals surface area contributed by atoms with E-state index in [4.69, 9.17) is 23.2 Å². The molecule has 1 heterocycles. The summed E-state index contributed by atoms with van der Waals surface area (Å²) in [6, 6.07) is 6.97. The minimum absolute atomic E-state index is 0.191. The average Bonchev–Trinajstić information content (AvgIpc) is 2.29. The Hall–Kier alpha value is -1.33. The minimum atomic E-state index is -4.68. The zero-order valence-electron chi connectivity index (χ0n) is 9.59. The van der Waals surface area contributed by atoms with Gasteiger partial charge in [0, 0.05) is 0 Å². The van der Waals surface area contributed by atoms with Crippen LogP contribution >= 0.6 is 23.2 Å². The summed E-state index contributed by atoms with van der Waals surface area (Å²) in [4.78, 5) is 6.50. The van der Waals surface area contributed by atoms with E-state index < -0.39 is 12.0 Å². The van der Waals surface area contributed by atoms with Gasteiger partial charge in [-0.1, -0.05) is 53.0 Å². The Morgan fingerprint density at radius 1 is 0.947 bits per heavy atom. The number of hydrogen-bond acceptors (Lipinski definition) is 2. The number of benzene rings is 1. The molecule has 0 aliphatic heterocycles. The zero-order chi connectivity index (χ0) is 14.2. The van der Waals surface area contributed by atoms with Crippen LogP contribution in [-0.2, 0) is 6.18 Å². The first kappa shape index (κ1) is 14.1. The highest BCUT2D eigenvalue weighted by Gasteiger charge is 2.36. The van der Waals surface area contributed by atoms with Gasteiger partial charge in [-0.2, -0.15) is 13.2 Å². The van der Waals surface area contributed by atoms with Crippen LogP contribution in [-0.4, -0.2) is 9.97 Å². The van der Waals surface area contributed by atoms with Gasteiger partial charge in [-0.05, 0) is 12.5 Å². The fourth-order valence-electron chi connectivity index (χ4n) is 1.49. The molecule has 0 bridgehead atoms. The van der Waals surface area contributed by atoms with Crippen LogP contribution in [0.3, 0.4) is 0 Å². The molecule has 0 spiro atoms. The summed E-state index contributed by atoms with van der Waals surface area (Å²) in [6.07, 6.45) is -4.68. The van der Waals surface area contributed by atoms with Crippen molar-refractivity contribution in [2.75, 3.05) is 0 Å². The molecular weight excluding hydrogens is 300 g/mol. The van der Waals surface area contributed by atoms with E-state index in [1.807, 2.05) is 6.92 Å². The van der Waals surface area contributed by atoms with E-state index in [1.54, 1.807) is 24.3 Å². The Morgan fingerprint density at radius 2 is 1.42 bits per heavy atom. The highest BCUT2D eigenvalue weighted by Crippen LogP contribution is 2.36. The molecule has 2 rings (SSSR count). The number of hydrogen-bond donors (Lipinski definition) is 0. The molecule has 100 valence electrons. The Balaban J connectivity index is 2.57. The first-order valence-electron chi connectivity index (χ1n) is 5.16. The SMILES string of the molecule is Cc1ccc(-c2c(Cl)nc(C(F)(F)F)nc2Cl)cc1. The molecule has 0 radical (unpaired) electrons. The van der Waals surface area contributed by atoms with Gasteiger partial charge in [-0.3, -0.25) is 0 Å². The van der Waals surface area contributed by atoms with Crippen LogP contribution in [0.5, 0.6) is 0 Å². The van der Waals surface area contributed by atoms with E-state index in [9.17, 15) is 13.2 Å². The summed E-state index contributed by atoms with van der Waals surface area (Å²) in [5, 5.41) is -0.646. The smallest absolute Gasteiger partial charge is 0.212 e. The molecule has 1 aromatic heterocycles. The van der Waals surface area contributed by atoms with Gasteiger partial charge < -0.3 is 0 Å². The molecule has 2 nitrogen and oxygen atoms in total. The van der Waals surface area contributed by atoms with Crippen LogP contribution in [0.25, 0.3) is 11.1 Å². The molecule has 7 heteroatoms.